The number of benzene rings is 1. The van der Waals surface area contributed by atoms with Crippen molar-refractivity contribution in [3.63, 3.8) is 0 Å². The molecule has 0 aromatic heterocycles. The number of aryl methyl sites for hydroxylation is 1. The maximum absolute atomic E-state index is 12.5. The zero-order valence-electron chi connectivity index (χ0n) is 17.1. The van der Waals surface area contributed by atoms with E-state index in [-0.39, 0.29) is 36.2 Å². The molecule has 29 heavy (non-hydrogen) atoms. The molecular weight excluding hydrogens is 394 g/mol. The van der Waals surface area contributed by atoms with Crippen molar-refractivity contribution in [1.82, 2.24) is 4.90 Å². The molecule has 8 heteroatoms. The van der Waals surface area contributed by atoms with Crippen LogP contribution < -0.4 is 0 Å². The molecule has 1 aliphatic rings. The number of hydrogen-bond donors (Lipinski definition) is 0. The van der Waals surface area contributed by atoms with Gasteiger partial charge < -0.3 is 9.64 Å². The number of carbonyl (C=O) groups is 3. The highest BCUT2D eigenvalue weighted by Gasteiger charge is 2.34. The van der Waals surface area contributed by atoms with E-state index >= 15 is 0 Å². The Morgan fingerprint density at radius 1 is 1.14 bits per heavy atom. The van der Waals surface area contributed by atoms with Crippen LogP contribution in [-0.2, 0) is 24.2 Å². The fourth-order valence-corrected chi connectivity index (χ4v) is 4.99. The summed E-state index contributed by atoms with van der Waals surface area (Å²) in [6.07, 6.45) is 1.94. The number of Topliss-reactive ketones (excluding diaryl/α,β-unsaturated/α-hetero) is 1. The molecule has 160 valence electrons. The molecule has 1 atom stereocenters. The number of rotatable bonds is 10. The first kappa shape index (κ1) is 23.1. The lowest BCUT2D eigenvalue weighted by atomic mass is 10.1. The van der Waals surface area contributed by atoms with Crippen LogP contribution in [0.2, 0.25) is 0 Å². The van der Waals surface area contributed by atoms with Crippen LogP contribution in [0.25, 0.3) is 0 Å². The number of hydrogen-bond acceptors (Lipinski definition) is 6. The first-order valence-electron chi connectivity index (χ1n) is 9.97. The summed E-state index contributed by atoms with van der Waals surface area (Å²) in [7, 11) is -3.12. The lowest BCUT2D eigenvalue weighted by molar-refractivity contribution is -0.152. The molecule has 1 heterocycles. The number of ether oxygens (including phenoxy) is 1. The number of nitrogens with zero attached hydrogens (tertiary/aromatic N) is 1. The summed E-state index contributed by atoms with van der Waals surface area (Å²) >= 11 is 0. The topological polar surface area (TPSA) is 97.8 Å². The Hall–Kier alpha value is -2.22. The van der Waals surface area contributed by atoms with Gasteiger partial charge in [-0.1, -0.05) is 43.2 Å². The Morgan fingerprint density at radius 3 is 2.41 bits per heavy atom. The van der Waals surface area contributed by atoms with Gasteiger partial charge in [-0.3, -0.25) is 14.4 Å². The van der Waals surface area contributed by atoms with Crippen molar-refractivity contribution < 1.29 is 27.5 Å². The average Bonchev–Trinajstić information content (AvgIpc) is 3.04. The first-order valence-corrected chi connectivity index (χ1v) is 11.8. The van der Waals surface area contributed by atoms with E-state index < -0.39 is 28.3 Å². The molecule has 1 saturated heterocycles. The van der Waals surface area contributed by atoms with Gasteiger partial charge in [0.15, 0.2) is 22.2 Å². The minimum Gasteiger partial charge on any atom is -0.456 e. The second-order valence-electron chi connectivity index (χ2n) is 7.45. The van der Waals surface area contributed by atoms with Crippen LogP contribution in [0.15, 0.2) is 24.3 Å². The predicted octanol–water partition coefficient (Wildman–Crippen LogP) is 2.32. The molecule has 0 N–H and O–H groups in total. The highest BCUT2D eigenvalue weighted by atomic mass is 32.2. The minimum atomic E-state index is -3.12. The third-order valence-corrected chi connectivity index (χ3v) is 6.76. The summed E-state index contributed by atoms with van der Waals surface area (Å²) in [6.45, 7) is 3.92. The largest absolute Gasteiger partial charge is 0.456 e. The van der Waals surface area contributed by atoms with Crippen molar-refractivity contribution in [2.24, 2.45) is 0 Å². The molecule has 0 radical (unpaired) electrons. The summed E-state index contributed by atoms with van der Waals surface area (Å²) in [4.78, 5) is 38.1. The number of unbranched alkanes of at least 4 members (excludes halogenated alkanes) is 1. The van der Waals surface area contributed by atoms with E-state index in [2.05, 4.69) is 0 Å². The number of carbonyl (C=O) groups excluding carboxylic acids is 3. The molecule has 0 aliphatic carbocycles. The molecule has 1 unspecified atom stereocenters. The van der Waals surface area contributed by atoms with Gasteiger partial charge in [0.1, 0.15) is 0 Å². The second-order valence-corrected chi connectivity index (χ2v) is 9.68. The number of ketones is 1. The summed E-state index contributed by atoms with van der Waals surface area (Å²) in [5.41, 5.74) is 1.58. The maximum atomic E-state index is 12.5. The van der Waals surface area contributed by atoms with Crippen LogP contribution in [0.4, 0.5) is 0 Å². The van der Waals surface area contributed by atoms with Crippen molar-refractivity contribution in [2.45, 2.75) is 52.0 Å². The standard InChI is InChI=1S/C21H29NO6S/c1-3-4-12-22(18-11-13-29(26,27)15-18)20(24)14-28-21(25)10-9-19(23)17-7-5-16(2)6-8-17/h5-8,18H,3-4,9-15H2,1-2H3. The molecule has 2 rings (SSSR count). The van der Waals surface area contributed by atoms with Gasteiger partial charge in [0, 0.05) is 24.6 Å². The number of sulfone groups is 1. The molecule has 1 aromatic carbocycles. The molecule has 1 aliphatic heterocycles. The van der Waals surface area contributed by atoms with E-state index in [1.807, 2.05) is 26.0 Å². The summed E-state index contributed by atoms with van der Waals surface area (Å²) in [5, 5.41) is 0. The fraction of sp³-hybridized carbons (Fsp3) is 0.571. The highest BCUT2D eigenvalue weighted by molar-refractivity contribution is 7.91. The molecule has 0 saturated carbocycles. The van der Waals surface area contributed by atoms with Crippen molar-refractivity contribution in [2.75, 3.05) is 24.7 Å². The SMILES string of the molecule is CCCCN(C(=O)COC(=O)CCC(=O)c1ccc(C)cc1)C1CCS(=O)(=O)C1. The van der Waals surface area contributed by atoms with E-state index in [1.165, 1.54) is 4.90 Å². The fourth-order valence-electron chi connectivity index (χ4n) is 3.26. The van der Waals surface area contributed by atoms with Gasteiger partial charge in [-0.05, 0) is 19.8 Å². The van der Waals surface area contributed by atoms with Crippen molar-refractivity contribution >= 4 is 27.5 Å². The van der Waals surface area contributed by atoms with Crippen LogP contribution >= 0.6 is 0 Å². The van der Waals surface area contributed by atoms with Crippen LogP contribution in [0.1, 0.15) is 54.9 Å². The Labute approximate surface area is 172 Å². The van der Waals surface area contributed by atoms with Gasteiger partial charge in [-0.25, -0.2) is 8.42 Å². The summed E-state index contributed by atoms with van der Waals surface area (Å²) < 4.78 is 28.5. The second kappa shape index (κ2) is 10.5. The molecule has 0 spiro atoms. The van der Waals surface area contributed by atoms with Gasteiger partial charge in [-0.2, -0.15) is 0 Å². The third kappa shape index (κ3) is 7.27. The minimum absolute atomic E-state index is 0.0104. The molecule has 0 bridgehead atoms. The normalized spacial score (nSPS) is 17.7. The van der Waals surface area contributed by atoms with E-state index in [4.69, 9.17) is 4.74 Å². The Kier molecular flexibility index (Phi) is 8.37. The first-order chi connectivity index (χ1) is 13.7. The smallest absolute Gasteiger partial charge is 0.306 e. The monoisotopic (exact) mass is 423 g/mol. The van der Waals surface area contributed by atoms with E-state index in [9.17, 15) is 22.8 Å². The quantitative estimate of drug-likeness (QED) is 0.423. The van der Waals surface area contributed by atoms with Crippen molar-refractivity contribution in [3.05, 3.63) is 35.4 Å². The average molecular weight is 424 g/mol. The zero-order valence-corrected chi connectivity index (χ0v) is 17.9. The summed E-state index contributed by atoms with van der Waals surface area (Å²) in [6, 6.07) is 6.74. The van der Waals surface area contributed by atoms with Gasteiger partial charge in [0.05, 0.1) is 17.9 Å². The number of amides is 1. The lowest BCUT2D eigenvalue weighted by Gasteiger charge is -2.28. The predicted molar refractivity (Wildman–Crippen MR) is 109 cm³/mol. The van der Waals surface area contributed by atoms with Crippen molar-refractivity contribution in [3.8, 4) is 0 Å². The highest BCUT2D eigenvalue weighted by Crippen LogP contribution is 2.19. The Morgan fingerprint density at radius 2 is 1.83 bits per heavy atom. The van der Waals surface area contributed by atoms with Gasteiger partial charge in [0.25, 0.3) is 5.91 Å². The van der Waals surface area contributed by atoms with Crippen LogP contribution in [0.5, 0.6) is 0 Å². The van der Waals surface area contributed by atoms with Crippen LogP contribution in [-0.4, -0.2) is 61.7 Å². The lowest BCUT2D eigenvalue weighted by Crippen LogP contribution is -2.43. The summed E-state index contributed by atoms with van der Waals surface area (Å²) in [5.74, 6) is -1.13. The maximum Gasteiger partial charge on any atom is 0.306 e. The molecule has 7 nitrogen and oxygen atoms in total. The Balaban J connectivity index is 1.82. The van der Waals surface area contributed by atoms with Gasteiger partial charge in [0.2, 0.25) is 0 Å². The molecule has 1 aromatic rings. The molecule has 1 fully saturated rings. The van der Waals surface area contributed by atoms with Crippen LogP contribution in [0.3, 0.4) is 0 Å². The van der Waals surface area contributed by atoms with E-state index in [1.54, 1.807) is 12.1 Å². The van der Waals surface area contributed by atoms with E-state index in [0.717, 1.165) is 18.4 Å². The third-order valence-electron chi connectivity index (χ3n) is 5.01. The van der Waals surface area contributed by atoms with Crippen molar-refractivity contribution in [1.29, 1.82) is 0 Å². The zero-order chi connectivity index (χ0) is 21.4. The van der Waals surface area contributed by atoms with Gasteiger partial charge in [-0.15, -0.1) is 0 Å². The number of esters is 1. The molecule has 1 amide bonds. The van der Waals surface area contributed by atoms with Crippen LogP contribution in [0, 0.1) is 6.92 Å². The Bertz CT molecular complexity index is 831. The van der Waals surface area contributed by atoms with E-state index in [0.29, 0.717) is 18.5 Å². The van der Waals surface area contributed by atoms with Gasteiger partial charge >= 0.3 is 5.97 Å². The molecular formula is C21H29NO6S.